The summed E-state index contributed by atoms with van der Waals surface area (Å²) < 4.78 is 1.63. The Bertz CT molecular complexity index is 617. The molecule has 0 unspecified atom stereocenters. The van der Waals surface area contributed by atoms with Gasteiger partial charge in [-0.15, -0.1) is 0 Å². The lowest BCUT2D eigenvalue weighted by molar-refractivity contribution is -0.120. The summed E-state index contributed by atoms with van der Waals surface area (Å²) in [5.41, 5.74) is 3.94. The van der Waals surface area contributed by atoms with Crippen LogP contribution < -0.4 is 16.8 Å². The molecule has 1 aromatic heterocycles. The van der Waals surface area contributed by atoms with Gasteiger partial charge in [-0.2, -0.15) is 0 Å². The molecule has 2 aromatic rings. The largest absolute Gasteiger partial charge is 0.311 e. The third kappa shape index (κ3) is 3.53. The van der Waals surface area contributed by atoms with Crippen molar-refractivity contribution in [1.82, 2.24) is 9.99 Å². The molecule has 0 spiro atoms. The van der Waals surface area contributed by atoms with E-state index in [-0.39, 0.29) is 17.9 Å². The van der Waals surface area contributed by atoms with Crippen molar-refractivity contribution in [2.75, 3.05) is 0 Å². The van der Waals surface area contributed by atoms with E-state index in [1.165, 1.54) is 6.07 Å². The van der Waals surface area contributed by atoms with E-state index in [2.05, 4.69) is 5.43 Å². The number of nitrogens with one attached hydrogen (secondary N) is 1. The molecule has 0 aliphatic heterocycles. The first-order valence-corrected chi connectivity index (χ1v) is 5.92. The molecule has 0 atom stereocenters. The number of rotatable bonds is 4. The average Bonchev–Trinajstić information content (AvgIpc) is 2.43. The Kier molecular flexibility index (Phi) is 4.10. The number of hydrazine groups is 1. The maximum absolute atomic E-state index is 11.6. The lowest BCUT2D eigenvalue weighted by Gasteiger charge is -2.06. The predicted octanol–water partition coefficient (Wildman–Crippen LogP) is 0.429. The number of nitrogens with zero attached hydrogens (tertiary/aromatic N) is 1. The van der Waals surface area contributed by atoms with Crippen LogP contribution in [0.5, 0.6) is 0 Å². The van der Waals surface area contributed by atoms with Crippen molar-refractivity contribution < 1.29 is 4.79 Å². The van der Waals surface area contributed by atoms with Gasteiger partial charge in [0.15, 0.2) is 0 Å². The number of amides is 1. The van der Waals surface area contributed by atoms with Gasteiger partial charge in [0.25, 0.3) is 5.56 Å². The van der Waals surface area contributed by atoms with Crippen LogP contribution in [-0.2, 0) is 17.8 Å². The van der Waals surface area contributed by atoms with Crippen molar-refractivity contribution in [2.24, 2.45) is 5.84 Å². The first kappa shape index (κ1) is 13.0. The van der Waals surface area contributed by atoms with Crippen LogP contribution in [-0.4, -0.2) is 10.5 Å². The molecule has 1 aromatic carbocycles. The Hall–Kier alpha value is -2.40. The molecule has 0 radical (unpaired) electrons. The van der Waals surface area contributed by atoms with Crippen LogP contribution in [0.1, 0.15) is 11.1 Å². The van der Waals surface area contributed by atoms with Gasteiger partial charge in [-0.3, -0.25) is 15.0 Å². The van der Waals surface area contributed by atoms with Crippen LogP contribution in [0.3, 0.4) is 0 Å². The second kappa shape index (κ2) is 5.97. The van der Waals surface area contributed by atoms with E-state index in [1.807, 2.05) is 30.3 Å². The van der Waals surface area contributed by atoms with Gasteiger partial charge in [0.2, 0.25) is 5.91 Å². The molecule has 5 heteroatoms. The number of pyridine rings is 1. The van der Waals surface area contributed by atoms with Crippen LogP contribution in [0.15, 0.2) is 53.5 Å². The van der Waals surface area contributed by atoms with Crippen LogP contribution in [0, 0.1) is 0 Å². The first-order valence-electron chi connectivity index (χ1n) is 5.92. The molecule has 98 valence electrons. The molecule has 0 aliphatic carbocycles. The van der Waals surface area contributed by atoms with Crippen LogP contribution >= 0.6 is 0 Å². The van der Waals surface area contributed by atoms with Crippen LogP contribution in [0.2, 0.25) is 0 Å². The topological polar surface area (TPSA) is 77.1 Å². The van der Waals surface area contributed by atoms with Crippen molar-refractivity contribution in [1.29, 1.82) is 0 Å². The Balaban J connectivity index is 2.09. The Morgan fingerprint density at radius 2 is 1.79 bits per heavy atom. The van der Waals surface area contributed by atoms with Crippen molar-refractivity contribution in [3.8, 4) is 0 Å². The molecule has 1 heterocycles. The third-order valence-electron chi connectivity index (χ3n) is 2.80. The highest BCUT2D eigenvalue weighted by Crippen LogP contribution is 2.06. The monoisotopic (exact) mass is 257 g/mol. The Labute approximate surface area is 110 Å². The van der Waals surface area contributed by atoms with Crippen molar-refractivity contribution in [3.63, 3.8) is 0 Å². The summed E-state index contributed by atoms with van der Waals surface area (Å²) in [6.45, 7) is 0.517. The molecule has 0 bridgehead atoms. The summed E-state index contributed by atoms with van der Waals surface area (Å²) in [5.74, 6) is 4.80. The fourth-order valence-electron chi connectivity index (χ4n) is 1.79. The number of carbonyl (C=O) groups excluding carboxylic acids is 1. The molecule has 0 fully saturated rings. The molecule has 3 N–H and O–H groups in total. The second-order valence-electron chi connectivity index (χ2n) is 4.23. The zero-order valence-electron chi connectivity index (χ0n) is 10.4. The van der Waals surface area contributed by atoms with E-state index in [1.54, 1.807) is 16.8 Å². The fourth-order valence-corrected chi connectivity index (χ4v) is 1.79. The van der Waals surface area contributed by atoms with Crippen molar-refractivity contribution >= 4 is 5.91 Å². The minimum absolute atomic E-state index is 0.0333. The first-order chi connectivity index (χ1) is 9.19. The maximum Gasteiger partial charge on any atom is 0.250 e. The van der Waals surface area contributed by atoms with E-state index in [0.29, 0.717) is 6.54 Å². The van der Waals surface area contributed by atoms with Gasteiger partial charge in [-0.05, 0) is 17.2 Å². The summed E-state index contributed by atoms with van der Waals surface area (Å²) >= 11 is 0. The quantitative estimate of drug-likeness (QED) is 0.473. The summed E-state index contributed by atoms with van der Waals surface area (Å²) in [5, 5.41) is 0. The van der Waals surface area contributed by atoms with Gasteiger partial charge in [-0.1, -0.05) is 30.3 Å². The van der Waals surface area contributed by atoms with Gasteiger partial charge in [-0.25, -0.2) is 5.84 Å². The molecule has 0 saturated carbocycles. The van der Waals surface area contributed by atoms with E-state index in [9.17, 15) is 9.59 Å². The van der Waals surface area contributed by atoms with E-state index in [4.69, 9.17) is 5.84 Å². The molecular formula is C14H15N3O2. The maximum atomic E-state index is 11.6. The predicted molar refractivity (Wildman–Crippen MR) is 72.3 cm³/mol. The molecule has 2 rings (SSSR count). The molecular weight excluding hydrogens is 242 g/mol. The van der Waals surface area contributed by atoms with Crippen LogP contribution in [0.4, 0.5) is 0 Å². The number of hydrogen-bond donors (Lipinski definition) is 2. The molecule has 1 amide bonds. The zero-order chi connectivity index (χ0) is 13.7. The minimum Gasteiger partial charge on any atom is -0.311 e. The number of benzene rings is 1. The molecule has 5 nitrogen and oxygen atoms in total. The molecule has 0 saturated heterocycles. The van der Waals surface area contributed by atoms with E-state index in [0.717, 1.165) is 11.1 Å². The highest BCUT2D eigenvalue weighted by atomic mass is 16.2. The number of nitrogens with two attached hydrogens (primary N) is 1. The SMILES string of the molecule is NNC(=O)Cc1ccc(Cn2ccccc2=O)cc1. The van der Waals surface area contributed by atoms with Gasteiger partial charge in [0, 0.05) is 12.3 Å². The summed E-state index contributed by atoms with van der Waals surface area (Å²) in [6, 6.07) is 12.6. The highest BCUT2D eigenvalue weighted by molar-refractivity contribution is 5.77. The number of hydrogen-bond acceptors (Lipinski definition) is 3. The zero-order valence-corrected chi connectivity index (χ0v) is 10.4. The van der Waals surface area contributed by atoms with Gasteiger partial charge in [0.1, 0.15) is 0 Å². The van der Waals surface area contributed by atoms with Crippen molar-refractivity contribution in [3.05, 3.63) is 70.1 Å². The van der Waals surface area contributed by atoms with E-state index >= 15 is 0 Å². The lowest BCUT2D eigenvalue weighted by atomic mass is 10.1. The summed E-state index contributed by atoms with van der Waals surface area (Å²) in [6.07, 6.45) is 2.00. The minimum atomic E-state index is -0.230. The number of aromatic nitrogens is 1. The van der Waals surface area contributed by atoms with E-state index < -0.39 is 0 Å². The summed E-state index contributed by atoms with van der Waals surface area (Å²) in [4.78, 5) is 22.7. The van der Waals surface area contributed by atoms with Gasteiger partial charge < -0.3 is 4.57 Å². The van der Waals surface area contributed by atoms with Crippen LogP contribution in [0.25, 0.3) is 0 Å². The average molecular weight is 257 g/mol. The Morgan fingerprint density at radius 3 is 2.42 bits per heavy atom. The highest BCUT2D eigenvalue weighted by Gasteiger charge is 2.02. The molecule has 19 heavy (non-hydrogen) atoms. The smallest absolute Gasteiger partial charge is 0.250 e. The van der Waals surface area contributed by atoms with Gasteiger partial charge >= 0.3 is 0 Å². The third-order valence-corrected chi connectivity index (χ3v) is 2.80. The number of carbonyl (C=O) groups is 1. The normalized spacial score (nSPS) is 10.2. The van der Waals surface area contributed by atoms with Crippen molar-refractivity contribution in [2.45, 2.75) is 13.0 Å². The van der Waals surface area contributed by atoms with Gasteiger partial charge in [0.05, 0.1) is 13.0 Å². The fraction of sp³-hybridized carbons (Fsp3) is 0.143. The summed E-state index contributed by atoms with van der Waals surface area (Å²) in [7, 11) is 0. The lowest BCUT2D eigenvalue weighted by Crippen LogP contribution is -2.31. The Morgan fingerprint density at radius 1 is 1.11 bits per heavy atom. The molecule has 0 aliphatic rings. The standard InChI is InChI=1S/C14H15N3O2/c15-16-13(18)9-11-4-6-12(7-5-11)10-17-8-2-1-3-14(17)19/h1-8H,9-10,15H2,(H,16,18). The second-order valence-corrected chi connectivity index (χ2v) is 4.23.